The number of nitrogens with one attached hydrogen (secondary N) is 1. The van der Waals surface area contributed by atoms with Crippen LogP contribution in [-0.2, 0) is 14.4 Å². The van der Waals surface area contributed by atoms with Gasteiger partial charge in [-0.25, -0.2) is 0 Å². The zero-order valence-corrected chi connectivity index (χ0v) is 23.2. The highest BCUT2D eigenvalue weighted by atomic mass is 16.2. The van der Waals surface area contributed by atoms with Crippen LogP contribution >= 0.6 is 0 Å². The van der Waals surface area contributed by atoms with Crippen LogP contribution in [0.2, 0.25) is 0 Å². The van der Waals surface area contributed by atoms with E-state index in [0.717, 1.165) is 28.9 Å². The Hall–Kier alpha value is -4.13. The Morgan fingerprint density at radius 2 is 1.57 bits per heavy atom. The van der Waals surface area contributed by atoms with E-state index in [-0.39, 0.29) is 30.2 Å². The van der Waals surface area contributed by atoms with E-state index in [1.807, 2.05) is 85.5 Å². The fourth-order valence-corrected chi connectivity index (χ4v) is 6.38. The number of anilines is 2. The van der Waals surface area contributed by atoms with Crippen molar-refractivity contribution in [3.63, 3.8) is 0 Å². The molecule has 0 radical (unpaired) electrons. The molecule has 2 unspecified atom stereocenters. The first-order chi connectivity index (χ1) is 19.4. The van der Waals surface area contributed by atoms with Gasteiger partial charge in [-0.05, 0) is 80.0 Å². The van der Waals surface area contributed by atoms with Crippen molar-refractivity contribution in [2.75, 3.05) is 36.5 Å². The van der Waals surface area contributed by atoms with E-state index < -0.39 is 5.54 Å². The molecule has 0 aromatic heterocycles. The van der Waals surface area contributed by atoms with Gasteiger partial charge in [0.05, 0.1) is 6.67 Å². The molecule has 1 saturated carbocycles. The van der Waals surface area contributed by atoms with Crippen molar-refractivity contribution in [1.82, 2.24) is 9.80 Å². The first-order valence-electron chi connectivity index (χ1n) is 14.2. The molecule has 3 aromatic carbocycles. The summed E-state index contributed by atoms with van der Waals surface area (Å²) in [4.78, 5) is 46.2. The monoisotopic (exact) mass is 536 g/mol. The van der Waals surface area contributed by atoms with Crippen molar-refractivity contribution in [3.8, 4) is 0 Å². The number of likely N-dealkylation sites (tertiary alicyclic amines) is 1. The number of amides is 3. The topological polar surface area (TPSA) is 73.0 Å². The second-order valence-corrected chi connectivity index (χ2v) is 11.5. The molecule has 0 bridgehead atoms. The zero-order chi connectivity index (χ0) is 27.9. The van der Waals surface area contributed by atoms with Crippen LogP contribution in [0, 0.1) is 19.8 Å². The maximum absolute atomic E-state index is 14.0. The van der Waals surface area contributed by atoms with Gasteiger partial charge in [0, 0.05) is 30.4 Å². The number of para-hydroxylation sites is 1. The SMILES string of the molecule is Cc1ccc(NC(=O)CN2CN(c3ccccc3)C3(CCN(C(=O)C4CC4c4ccccc4)CC3)C2=O)cc1C. The van der Waals surface area contributed by atoms with Gasteiger partial charge in [0.1, 0.15) is 12.1 Å². The van der Waals surface area contributed by atoms with Gasteiger partial charge in [0.2, 0.25) is 11.8 Å². The minimum Gasteiger partial charge on any atom is -0.342 e. The van der Waals surface area contributed by atoms with Crippen molar-refractivity contribution < 1.29 is 14.4 Å². The lowest BCUT2D eigenvalue weighted by molar-refractivity contribution is -0.140. The average molecular weight is 537 g/mol. The van der Waals surface area contributed by atoms with Crippen molar-refractivity contribution in [2.24, 2.45) is 5.92 Å². The van der Waals surface area contributed by atoms with E-state index >= 15 is 0 Å². The maximum Gasteiger partial charge on any atom is 0.250 e. The van der Waals surface area contributed by atoms with E-state index in [9.17, 15) is 14.4 Å². The van der Waals surface area contributed by atoms with Crippen LogP contribution in [0.15, 0.2) is 78.9 Å². The van der Waals surface area contributed by atoms with Gasteiger partial charge >= 0.3 is 0 Å². The lowest BCUT2D eigenvalue weighted by Crippen LogP contribution is -2.57. The number of nitrogens with zero attached hydrogens (tertiary/aromatic N) is 3. The van der Waals surface area contributed by atoms with Crippen LogP contribution in [0.1, 0.15) is 41.9 Å². The molecule has 2 heterocycles. The molecule has 7 nitrogen and oxygen atoms in total. The second kappa shape index (κ2) is 10.5. The van der Waals surface area contributed by atoms with Crippen molar-refractivity contribution in [1.29, 1.82) is 0 Å². The zero-order valence-electron chi connectivity index (χ0n) is 23.2. The van der Waals surface area contributed by atoms with Gasteiger partial charge in [-0.3, -0.25) is 14.4 Å². The molecule has 1 aliphatic carbocycles. The first kappa shape index (κ1) is 26.1. The summed E-state index contributed by atoms with van der Waals surface area (Å²) in [6.07, 6.45) is 1.98. The molecule has 40 heavy (non-hydrogen) atoms. The molecule has 3 amide bonds. The van der Waals surface area contributed by atoms with Crippen LogP contribution < -0.4 is 10.2 Å². The van der Waals surface area contributed by atoms with Gasteiger partial charge in [-0.1, -0.05) is 54.6 Å². The highest BCUT2D eigenvalue weighted by Crippen LogP contribution is 2.49. The molecule has 1 N–H and O–H groups in total. The third-order valence-corrected chi connectivity index (χ3v) is 8.94. The molecular weight excluding hydrogens is 500 g/mol. The van der Waals surface area contributed by atoms with E-state index in [0.29, 0.717) is 38.5 Å². The van der Waals surface area contributed by atoms with E-state index in [4.69, 9.17) is 0 Å². The van der Waals surface area contributed by atoms with Crippen molar-refractivity contribution in [3.05, 3.63) is 95.6 Å². The fourth-order valence-electron chi connectivity index (χ4n) is 6.38. The van der Waals surface area contributed by atoms with E-state index in [1.54, 1.807) is 4.90 Å². The number of carbonyl (C=O) groups is 3. The predicted molar refractivity (Wildman–Crippen MR) is 156 cm³/mol. The summed E-state index contributed by atoms with van der Waals surface area (Å²) in [6, 6.07) is 26.0. The lowest BCUT2D eigenvalue weighted by atomic mass is 9.85. The normalized spacial score (nSPS) is 21.6. The molecule has 3 aliphatic rings. The summed E-state index contributed by atoms with van der Waals surface area (Å²) < 4.78 is 0. The highest BCUT2D eigenvalue weighted by Gasteiger charge is 2.55. The Labute approximate surface area is 235 Å². The van der Waals surface area contributed by atoms with Gasteiger partial charge in [-0.15, -0.1) is 0 Å². The minimum atomic E-state index is -0.763. The Bertz CT molecular complexity index is 1420. The van der Waals surface area contributed by atoms with Crippen molar-refractivity contribution in [2.45, 2.75) is 44.6 Å². The van der Waals surface area contributed by atoms with E-state index in [1.165, 1.54) is 5.56 Å². The number of carbonyl (C=O) groups excluding carboxylic acids is 3. The Balaban J connectivity index is 1.15. The first-order valence-corrected chi connectivity index (χ1v) is 14.2. The molecule has 7 heteroatoms. The van der Waals surface area contributed by atoms with Crippen LogP contribution in [0.4, 0.5) is 11.4 Å². The predicted octanol–water partition coefficient (Wildman–Crippen LogP) is 4.71. The Morgan fingerprint density at radius 1 is 0.900 bits per heavy atom. The standard InChI is InChI=1S/C33H36N4O3/c1-23-13-14-26(19-24(23)2)34-30(38)21-36-22-37(27-11-7-4-8-12-27)33(32(36)40)15-17-35(18-16-33)31(39)29-20-28(29)25-9-5-3-6-10-25/h3-14,19,28-29H,15-18,20-22H2,1-2H3,(H,34,38). The molecule has 2 aliphatic heterocycles. The summed E-state index contributed by atoms with van der Waals surface area (Å²) in [5.41, 5.74) is 4.42. The van der Waals surface area contributed by atoms with Crippen LogP contribution in [0.5, 0.6) is 0 Å². The Morgan fingerprint density at radius 3 is 2.25 bits per heavy atom. The quantitative estimate of drug-likeness (QED) is 0.495. The van der Waals surface area contributed by atoms with E-state index in [2.05, 4.69) is 22.3 Å². The van der Waals surface area contributed by atoms with Gasteiger partial charge < -0.3 is 20.0 Å². The van der Waals surface area contributed by atoms with Gasteiger partial charge in [-0.2, -0.15) is 0 Å². The molecule has 3 aromatic rings. The van der Waals surface area contributed by atoms with Crippen LogP contribution in [0.3, 0.4) is 0 Å². The summed E-state index contributed by atoms with van der Waals surface area (Å²) >= 11 is 0. The average Bonchev–Trinajstić information content (AvgIpc) is 3.74. The van der Waals surface area contributed by atoms with Crippen LogP contribution in [-0.4, -0.2) is 59.4 Å². The third-order valence-electron chi connectivity index (χ3n) is 8.94. The minimum absolute atomic E-state index is 0.0136. The van der Waals surface area contributed by atoms with Crippen molar-refractivity contribution >= 4 is 29.1 Å². The summed E-state index contributed by atoms with van der Waals surface area (Å²) in [6.45, 7) is 5.45. The smallest absolute Gasteiger partial charge is 0.250 e. The number of benzene rings is 3. The number of rotatable bonds is 6. The second-order valence-electron chi connectivity index (χ2n) is 11.5. The molecular formula is C33H36N4O3. The van der Waals surface area contributed by atoms with Gasteiger partial charge in [0.15, 0.2) is 0 Å². The highest BCUT2D eigenvalue weighted by molar-refractivity contribution is 5.99. The van der Waals surface area contributed by atoms with Gasteiger partial charge in [0.25, 0.3) is 5.91 Å². The summed E-state index contributed by atoms with van der Waals surface area (Å²) in [5.74, 6) is 0.281. The Kier molecular flexibility index (Phi) is 6.82. The molecule has 2 atom stereocenters. The molecule has 206 valence electrons. The summed E-state index contributed by atoms with van der Waals surface area (Å²) in [5, 5.41) is 2.96. The molecule has 2 saturated heterocycles. The fraction of sp³-hybridized carbons (Fsp3) is 0.364. The number of hydrogen-bond acceptors (Lipinski definition) is 4. The maximum atomic E-state index is 14.0. The lowest BCUT2D eigenvalue weighted by Gasteiger charge is -2.43. The molecule has 3 fully saturated rings. The summed E-state index contributed by atoms with van der Waals surface area (Å²) in [7, 11) is 0. The van der Waals surface area contributed by atoms with Crippen LogP contribution in [0.25, 0.3) is 0 Å². The number of aryl methyl sites for hydroxylation is 2. The number of piperidine rings is 1. The molecule has 6 rings (SSSR count). The number of hydrogen-bond donors (Lipinski definition) is 1. The molecule has 1 spiro atoms. The largest absolute Gasteiger partial charge is 0.342 e. The third kappa shape index (κ3) is 4.85.